The topological polar surface area (TPSA) is 40.5 Å². The molecule has 0 radical (unpaired) electrons. The molecule has 1 aliphatic rings. The molecule has 108 valence electrons. The number of hydrogen-bond donors (Lipinski definition) is 1. The second-order valence-electron chi connectivity index (χ2n) is 5.43. The number of hydrogen-bond acceptors (Lipinski definition) is 2. The molecule has 1 heterocycles. The van der Waals surface area contributed by atoms with Crippen LogP contribution in [0.2, 0.25) is 0 Å². The molecule has 0 bridgehead atoms. The van der Waals surface area contributed by atoms with Crippen LogP contribution in [0.15, 0.2) is 54.6 Å². The fourth-order valence-electron chi connectivity index (χ4n) is 2.86. The van der Waals surface area contributed by atoms with Crippen molar-refractivity contribution in [3.63, 3.8) is 0 Å². The molecule has 2 aromatic rings. The Morgan fingerprint density at radius 2 is 1.76 bits per heavy atom. The van der Waals surface area contributed by atoms with Gasteiger partial charge >= 0.3 is 0 Å². The molecule has 1 aliphatic heterocycles. The second-order valence-corrected chi connectivity index (χ2v) is 5.43. The molecule has 21 heavy (non-hydrogen) atoms. The molecule has 3 heteroatoms. The lowest BCUT2D eigenvalue weighted by atomic mass is 10.0. The van der Waals surface area contributed by atoms with Gasteiger partial charge in [-0.05, 0) is 36.5 Å². The molecule has 3 nitrogen and oxygen atoms in total. The van der Waals surface area contributed by atoms with Gasteiger partial charge in [-0.15, -0.1) is 0 Å². The van der Waals surface area contributed by atoms with Crippen LogP contribution in [0.4, 0.5) is 5.69 Å². The minimum Gasteiger partial charge on any atom is -0.373 e. The summed E-state index contributed by atoms with van der Waals surface area (Å²) < 4.78 is 0. The lowest BCUT2D eigenvalue weighted by Gasteiger charge is -2.33. The molecule has 0 aliphatic carbocycles. The Morgan fingerprint density at radius 3 is 2.52 bits per heavy atom. The average molecular weight is 281 g/mol. The van der Waals surface area contributed by atoms with E-state index in [-0.39, 0.29) is 5.91 Å². The SMILES string of the molecule is O=C1CCCC(O)N1c1ccccc1Cc1ccccc1. The maximum Gasteiger partial charge on any atom is 0.229 e. The van der Waals surface area contributed by atoms with E-state index in [4.69, 9.17) is 0 Å². The molecule has 1 saturated heterocycles. The fourth-order valence-corrected chi connectivity index (χ4v) is 2.86. The van der Waals surface area contributed by atoms with Crippen LogP contribution in [-0.2, 0) is 11.2 Å². The van der Waals surface area contributed by atoms with Gasteiger partial charge in [-0.2, -0.15) is 0 Å². The Bertz CT molecular complexity index is 624. The van der Waals surface area contributed by atoms with Crippen molar-refractivity contribution >= 4 is 11.6 Å². The molecule has 2 aromatic carbocycles. The normalized spacial score (nSPS) is 18.8. The zero-order chi connectivity index (χ0) is 14.7. The Balaban J connectivity index is 1.94. The number of benzene rings is 2. The highest BCUT2D eigenvalue weighted by Gasteiger charge is 2.28. The van der Waals surface area contributed by atoms with Gasteiger partial charge in [0.25, 0.3) is 0 Å². The quantitative estimate of drug-likeness (QED) is 0.939. The Kier molecular flexibility index (Phi) is 4.02. The van der Waals surface area contributed by atoms with Crippen LogP contribution >= 0.6 is 0 Å². The minimum atomic E-state index is -0.705. The van der Waals surface area contributed by atoms with Crippen LogP contribution in [0.5, 0.6) is 0 Å². The largest absolute Gasteiger partial charge is 0.373 e. The minimum absolute atomic E-state index is 0.00858. The zero-order valence-corrected chi connectivity index (χ0v) is 11.9. The van der Waals surface area contributed by atoms with Crippen LogP contribution in [-0.4, -0.2) is 17.2 Å². The highest BCUT2D eigenvalue weighted by atomic mass is 16.3. The summed E-state index contributed by atoms with van der Waals surface area (Å²) in [6.45, 7) is 0. The fraction of sp³-hybridized carbons (Fsp3) is 0.278. The van der Waals surface area contributed by atoms with Gasteiger partial charge in [0.2, 0.25) is 5.91 Å². The average Bonchev–Trinajstić information content (AvgIpc) is 2.50. The first-order valence-electron chi connectivity index (χ1n) is 7.37. The van der Waals surface area contributed by atoms with E-state index in [1.807, 2.05) is 42.5 Å². The predicted octanol–water partition coefficient (Wildman–Crippen LogP) is 3.11. The number of nitrogens with zero attached hydrogens (tertiary/aromatic N) is 1. The van der Waals surface area contributed by atoms with Gasteiger partial charge in [-0.1, -0.05) is 48.5 Å². The van der Waals surface area contributed by atoms with Crippen LogP contribution < -0.4 is 4.90 Å². The summed E-state index contributed by atoms with van der Waals surface area (Å²) in [7, 11) is 0. The summed E-state index contributed by atoms with van der Waals surface area (Å²) in [4.78, 5) is 13.7. The van der Waals surface area contributed by atoms with Crippen LogP contribution in [0, 0.1) is 0 Å². The lowest BCUT2D eigenvalue weighted by Crippen LogP contribution is -2.44. The molecule has 1 N–H and O–H groups in total. The first kappa shape index (κ1) is 13.8. The predicted molar refractivity (Wildman–Crippen MR) is 83.0 cm³/mol. The number of rotatable bonds is 3. The number of anilines is 1. The molecule has 0 saturated carbocycles. The Labute approximate surface area is 124 Å². The maximum atomic E-state index is 12.2. The summed E-state index contributed by atoms with van der Waals surface area (Å²) in [6, 6.07) is 18.0. The van der Waals surface area contributed by atoms with E-state index in [1.165, 1.54) is 5.56 Å². The Morgan fingerprint density at radius 1 is 1.05 bits per heavy atom. The van der Waals surface area contributed by atoms with Gasteiger partial charge in [0.1, 0.15) is 6.23 Å². The van der Waals surface area contributed by atoms with E-state index in [0.29, 0.717) is 12.8 Å². The van der Waals surface area contributed by atoms with E-state index in [0.717, 1.165) is 24.1 Å². The van der Waals surface area contributed by atoms with Crippen molar-refractivity contribution < 1.29 is 9.90 Å². The summed E-state index contributed by atoms with van der Waals surface area (Å²) in [5.41, 5.74) is 3.10. The molecule has 1 amide bonds. The molecule has 1 atom stereocenters. The van der Waals surface area contributed by atoms with Gasteiger partial charge in [0, 0.05) is 12.1 Å². The smallest absolute Gasteiger partial charge is 0.229 e. The van der Waals surface area contributed by atoms with Crippen molar-refractivity contribution in [2.75, 3.05) is 4.90 Å². The highest BCUT2D eigenvalue weighted by molar-refractivity contribution is 5.95. The highest BCUT2D eigenvalue weighted by Crippen LogP contribution is 2.29. The molecule has 1 fully saturated rings. The molecule has 3 rings (SSSR count). The third-order valence-electron chi connectivity index (χ3n) is 3.91. The number of carbonyl (C=O) groups is 1. The first-order valence-corrected chi connectivity index (χ1v) is 7.37. The number of para-hydroxylation sites is 1. The van der Waals surface area contributed by atoms with E-state index < -0.39 is 6.23 Å². The molecular formula is C18H19NO2. The number of aliphatic hydroxyl groups is 1. The van der Waals surface area contributed by atoms with E-state index in [1.54, 1.807) is 4.90 Å². The standard InChI is InChI=1S/C18H19NO2/c20-17-11-6-12-18(21)19(17)16-10-5-4-9-15(16)13-14-7-2-1-3-8-14/h1-5,7-10,17,20H,6,11-13H2. The van der Waals surface area contributed by atoms with E-state index in [2.05, 4.69) is 12.1 Å². The van der Waals surface area contributed by atoms with Crippen LogP contribution in [0.3, 0.4) is 0 Å². The van der Waals surface area contributed by atoms with Crippen molar-refractivity contribution in [2.45, 2.75) is 31.9 Å². The number of amides is 1. The second kappa shape index (κ2) is 6.10. The van der Waals surface area contributed by atoms with Gasteiger partial charge in [-0.25, -0.2) is 0 Å². The van der Waals surface area contributed by atoms with Crippen molar-refractivity contribution in [2.24, 2.45) is 0 Å². The van der Waals surface area contributed by atoms with E-state index in [9.17, 15) is 9.90 Å². The lowest BCUT2D eigenvalue weighted by molar-refractivity contribution is -0.122. The van der Waals surface area contributed by atoms with Gasteiger partial charge in [-0.3, -0.25) is 9.69 Å². The molecule has 0 aromatic heterocycles. The van der Waals surface area contributed by atoms with Crippen LogP contribution in [0.1, 0.15) is 30.4 Å². The van der Waals surface area contributed by atoms with E-state index >= 15 is 0 Å². The summed E-state index contributed by atoms with van der Waals surface area (Å²) in [6.07, 6.45) is 1.97. The maximum absolute atomic E-state index is 12.2. The third kappa shape index (κ3) is 2.98. The first-order chi connectivity index (χ1) is 10.3. The van der Waals surface area contributed by atoms with Gasteiger partial charge in [0.15, 0.2) is 0 Å². The number of aliphatic hydroxyl groups excluding tert-OH is 1. The number of piperidine rings is 1. The zero-order valence-electron chi connectivity index (χ0n) is 11.9. The monoisotopic (exact) mass is 281 g/mol. The molecular weight excluding hydrogens is 262 g/mol. The molecule has 1 unspecified atom stereocenters. The summed E-state index contributed by atoms with van der Waals surface area (Å²) in [5.74, 6) is 0.00858. The van der Waals surface area contributed by atoms with Crippen LogP contribution in [0.25, 0.3) is 0 Å². The summed E-state index contributed by atoms with van der Waals surface area (Å²) >= 11 is 0. The molecule has 0 spiro atoms. The Hall–Kier alpha value is -2.13. The summed E-state index contributed by atoms with van der Waals surface area (Å²) in [5, 5.41) is 10.2. The third-order valence-corrected chi connectivity index (χ3v) is 3.91. The van der Waals surface area contributed by atoms with Crippen molar-refractivity contribution in [1.29, 1.82) is 0 Å². The number of carbonyl (C=O) groups excluding carboxylic acids is 1. The van der Waals surface area contributed by atoms with Crippen molar-refractivity contribution in [1.82, 2.24) is 0 Å². The van der Waals surface area contributed by atoms with Crippen molar-refractivity contribution in [3.05, 3.63) is 65.7 Å². The van der Waals surface area contributed by atoms with Gasteiger partial charge < -0.3 is 5.11 Å². The van der Waals surface area contributed by atoms with Gasteiger partial charge in [0.05, 0.1) is 0 Å². The van der Waals surface area contributed by atoms with Crippen molar-refractivity contribution in [3.8, 4) is 0 Å².